The molecule has 1 heterocycles. The smallest absolute Gasteiger partial charge is 0.117 e. The molecule has 1 aliphatic rings. The summed E-state index contributed by atoms with van der Waals surface area (Å²) in [5.74, 6) is 0. The molecule has 0 aromatic heterocycles. The Bertz CT molecular complexity index is 523. The predicted octanol–water partition coefficient (Wildman–Crippen LogP) is 4.04. The van der Waals surface area contributed by atoms with E-state index in [1.165, 1.54) is 4.90 Å². The number of hydrogen-bond acceptors (Lipinski definition) is 5. The summed E-state index contributed by atoms with van der Waals surface area (Å²) in [6, 6.07) is 8.60. The average molecular weight is 351 g/mol. The van der Waals surface area contributed by atoms with Crippen molar-refractivity contribution in [3.63, 3.8) is 0 Å². The van der Waals surface area contributed by atoms with Crippen molar-refractivity contribution in [1.82, 2.24) is 4.90 Å². The van der Waals surface area contributed by atoms with E-state index in [4.69, 9.17) is 9.57 Å². The van der Waals surface area contributed by atoms with Crippen LogP contribution in [0.5, 0.6) is 0 Å². The zero-order valence-corrected chi connectivity index (χ0v) is 16.2. The highest BCUT2D eigenvalue weighted by Crippen LogP contribution is 2.25. The molecule has 4 nitrogen and oxygen atoms in total. The Morgan fingerprint density at radius 3 is 2.50 bits per heavy atom. The second kappa shape index (κ2) is 9.44. The number of thioether (sulfide) groups is 1. The van der Waals surface area contributed by atoms with E-state index >= 15 is 0 Å². The fraction of sp³-hybridized carbons (Fsp3) is 0.632. The summed E-state index contributed by atoms with van der Waals surface area (Å²) in [6.45, 7) is 10.7. The van der Waals surface area contributed by atoms with Crippen LogP contribution in [0.1, 0.15) is 39.2 Å². The normalized spacial score (nSPS) is 17.1. The molecule has 0 atom stereocenters. The van der Waals surface area contributed by atoms with Gasteiger partial charge in [-0.05, 0) is 38.7 Å². The first-order valence-electron chi connectivity index (χ1n) is 8.77. The Morgan fingerprint density at radius 1 is 1.25 bits per heavy atom. The molecule has 0 unspecified atom stereocenters. The first-order chi connectivity index (χ1) is 11.6. The molecule has 1 aromatic rings. The Hall–Kier alpha value is -1.04. The second-order valence-electron chi connectivity index (χ2n) is 6.51. The van der Waals surface area contributed by atoms with E-state index in [-0.39, 0.29) is 5.54 Å². The molecule has 1 saturated heterocycles. The highest BCUT2D eigenvalue weighted by atomic mass is 32.2. The number of oxime groups is 1. The summed E-state index contributed by atoms with van der Waals surface area (Å²) in [4.78, 5) is 9.34. The van der Waals surface area contributed by atoms with E-state index in [1.807, 2.05) is 0 Å². The standard InChI is InChI=1S/C19H30N2O2S/c1-5-6-13-23-20-18(16-7-9-17(24-4)10-8-16)19(2,3)21-11-14-22-15-12-21/h7-10H,5-6,11-15H2,1-4H3. The zero-order valence-electron chi connectivity index (χ0n) is 15.4. The molecule has 2 rings (SSSR count). The molecular formula is C19H30N2O2S. The molecule has 0 spiro atoms. The van der Waals surface area contributed by atoms with Crippen LogP contribution in [0.25, 0.3) is 0 Å². The SMILES string of the molecule is CCCCON=C(c1ccc(SC)cc1)C(C)(C)N1CCOCC1. The van der Waals surface area contributed by atoms with Gasteiger partial charge in [-0.1, -0.05) is 30.6 Å². The van der Waals surface area contributed by atoms with Crippen LogP contribution in [-0.2, 0) is 9.57 Å². The topological polar surface area (TPSA) is 34.1 Å². The Morgan fingerprint density at radius 2 is 1.92 bits per heavy atom. The van der Waals surface area contributed by atoms with E-state index in [0.717, 1.165) is 50.4 Å². The van der Waals surface area contributed by atoms with Gasteiger partial charge < -0.3 is 9.57 Å². The minimum Gasteiger partial charge on any atom is -0.396 e. The summed E-state index contributed by atoms with van der Waals surface area (Å²) in [5, 5.41) is 4.56. The maximum Gasteiger partial charge on any atom is 0.117 e. The lowest BCUT2D eigenvalue weighted by atomic mass is 9.90. The molecule has 0 saturated carbocycles. The van der Waals surface area contributed by atoms with E-state index in [2.05, 4.69) is 61.3 Å². The van der Waals surface area contributed by atoms with Crippen LogP contribution in [0.3, 0.4) is 0 Å². The van der Waals surface area contributed by atoms with Gasteiger partial charge in [0, 0.05) is 23.5 Å². The molecule has 1 aliphatic heterocycles. The van der Waals surface area contributed by atoms with Crippen molar-refractivity contribution in [2.45, 2.75) is 44.0 Å². The minimum absolute atomic E-state index is 0.198. The van der Waals surface area contributed by atoms with Gasteiger partial charge in [0.1, 0.15) is 12.3 Å². The van der Waals surface area contributed by atoms with Crippen molar-refractivity contribution in [3.05, 3.63) is 29.8 Å². The van der Waals surface area contributed by atoms with Crippen molar-refractivity contribution in [1.29, 1.82) is 0 Å². The maximum absolute atomic E-state index is 5.65. The van der Waals surface area contributed by atoms with E-state index in [1.54, 1.807) is 11.8 Å². The summed E-state index contributed by atoms with van der Waals surface area (Å²) in [7, 11) is 0. The Balaban J connectivity index is 2.26. The van der Waals surface area contributed by atoms with Crippen LogP contribution in [0.4, 0.5) is 0 Å². The van der Waals surface area contributed by atoms with Crippen molar-refractivity contribution in [2.24, 2.45) is 5.16 Å². The zero-order chi connectivity index (χ0) is 17.4. The summed E-state index contributed by atoms with van der Waals surface area (Å²) >= 11 is 1.75. The molecule has 0 amide bonds. The van der Waals surface area contributed by atoms with Crippen LogP contribution in [0.2, 0.25) is 0 Å². The Kier molecular flexibility index (Phi) is 7.59. The van der Waals surface area contributed by atoms with E-state index < -0.39 is 0 Å². The Labute approximate surface area is 150 Å². The summed E-state index contributed by atoms with van der Waals surface area (Å²) in [5.41, 5.74) is 1.92. The summed E-state index contributed by atoms with van der Waals surface area (Å²) < 4.78 is 5.51. The highest BCUT2D eigenvalue weighted by Gasteiger charge is 2.35. The fourth-order valence-electron chi connectivity index (χ4n) is 2.86. The fourth-order valence-corrected chi connectivity index (χ4v) is 3.27. The lowest BCUT2D eigenvalue weighted by Crippen LogP contribution is -2.54. The number of morpholine rings is 1. The van der Waals surface area contributed by atoms with Crippen molar-refractivity contribution < 1.29 is 9.57 Å². The average Bonchev–Trinajstić information content (AvgIpc) is 2.62. The lowest BCUT2D eigenvalue weighted by molar-refractivity contribution is 0.00878. The van der Waals surface area contributed by atoms with E-state index in [9.17, 15) is 0 Å². The first kappa shape index (κ1) is 19.3. The van der Waals surface area contributed by atoms with Gasteiger partial charge in [-0.3, -0.25) is 4.90 Å². The molecule has 5 heteroatoms. The van der Waals surface area contributed by atoms with Crippen molar-refractivity contribution >= 4 is 17.5 Å². The van der Waals surface area contributed by atoms with Gasteiger partial charge in [0.15, 0.2) is 0 Å². The van der Waals surface area contributed by atoms with Gasteiger partial charge in [-0.15, -0.1) is 11.8 Å². The molecule has 0 aliphatic carbocycles. The van der Waals surface area contributed by atoms with Crippen molar-refractivity contribution in [2.75, 3.05) is 39.2 Å². The number of benzene rings is 1. The van der Waals surface area contributed by atoms with E-state index in [0.29, 0.717) is 6.61 Å². The first-order valence-corrected chi connectivity index (χ1v) is 9.99. The third-order valence-electron chi connectivity index (χ3n) is 4.49. The summed E-state index contributed by atoms with van der Waals surface area (Å²) in [6.07, 6.45) is 4.23. The van der Waals surface area contributed by atoms with Crippen LogP contribution in [-0.4, -0.2) is 55.3 Å². The molecule has 24 heavy (non-hydrogen) atoms. The van der Waals surface area contributed by atoms with Gasteiger partial charge in [0.05, 0.1) is 18.8 Å². The third kappa shape index (κ3) is 4.98. The lowest BCUT2D eigenvalue weighted by Gasteiger charge is -2.41. The molecule has 1 aromatic carbocycles. The molecule has 0 radical (unpaired) electrons. The van der Waals surface area contributed by atoms with Gasteiger partial charge in [0.2, 0.25) is 0 Å². The number of rotatable bonds is 8. The van der Waals surface area contributed by atoms with Crippen LogP contribution in [0, 0.1) is 0 Å². The largest absolute Gasteiger partial charge is 0.396 e. The number of nitrogens with zero attached hydrogens (tertiary/aromatic N) is 2. The van der Waals surface area contributed by atoms with Gasteiger partial charge in [-0.25, -0.2) is 0 Å². The molecule has 0 bridgehead atoms. The number of unbranched alkanes of at least 4 members (excludes halogenated alkanes) is 1. The number of ether oxygens (including phenoxy) is 1. The van der Waals surface area contributed by atoms with Crippen molar-refractivity contribution in [3.8, 4) is 0 Å². The van der Waals surface area contributed by atoms with Gasteiger partial charge in [-0.2, -0.15) is 0 Å². The monoisotopic (exact) mass is 350 g/mol. The van der Waals surface area contributed by atoms with Crippen LogP contribution >= 0.6 is 11.8 Å². The highest BCUT2D eigenvalue weighted by molar-refractivity contribution is 7.98. The quantitative estimate of drug-likeness (QED) is 0.307. The minimum atomic E-state index is -0.198. The van der Waals surface area contributed by atoms with Gasteiger partial charge >= 0.3 is 0 Å². The molecular weight excluding hydrogens is 320 g/mol. The molecule has 134 valence electrons. The molecule has 1 fully saturated rings. The molecule has 0 N–H and O–H groups in total. The van der Waals surface area contributed by atoms with Crippen LogP contribution < -0.4 is 0 Å². The predicted molar refractivity (Wildman–Crippen MR) is 102 cm³/mol. The van der Waals surface area contributed by atoms with Gasteiger partial charge in [0.25, 0.3) is 0 Å². The third-order valence-corrected chi connectivity index (χ3v) is 5.23. The second-order valence-corrected chi connectivity index (χ2v) is 7.39. The maximum atomic E-state index is 5.65. The number of hydrogen-bond donors (Lipinski definition) is 0. The van der Waals surface area contributed by atoms with Crippen LogP contribution in [0.15, 0.2) is 34.3 Å².